The maximum Gasteiger partial charge on any atom is 0.326 e. The summed E-state index contributed by atoms with van der Waals surface area (Å²) in [4.78, 5) is 23.1. The molecule has 0 bridgehead atoms. The van der Waals surface area contributed by atoms with E-state index in [1.54, 1.807) is 6.92 Å². The van der Waals surface area contributed by atoms with Gasteiger partial charge in [-0.3, -0.25) is 4.79 Å². The van der Waals surface area contributed by atoms with Crippen LogP contribution in [0.3, 0.4) is 0 Å². The van der Waals surface area contributed by atoms with Crippen LogP contribution in [0.5, 0.6) is 0 Å². The molecule has 1 rings (SSSR count). The van der Waals surface area contributed by atoms with Crippen molar-refractivity contribution in [2.75, 3.05) is 0 Å². The molecule has 1 unspecified atom stereocenters. The minimum absolute atomic E-state index is 0.0285. The van der Waals surface area contributed by atoms with Crippen LogP contribution in [0, 0.1) is 11.7 Å². The SMILES string of the molecule is CCC(C)[C@H](NC(=O)c1cccc(F)c1Br)C(=O)O. The molecule has 1 aromatic carbocycles. The van der Waals surface area contributed by atoms with Crippen LogP contribution in [0.25, 0.3) is 0 Å². The number of carboxylic acid groups (broad SMARTS) is 1. The number of carboxylic acids is 1. The lowest BCUT2D eigenvalue weighted by Crippen LogP contribution is -2.45. The van der Waals surface area contributed by atoms with E-state index in [1.807, 2.05) is 6.92 Å². The van der Waals surface area contributed by atoms with E-state index in [0.29, 0.717) is 6.42 Å². The average molecular weight is 332 g/mol. The number of benzene rings is 1. The van der Waals surface area contributed by atoms with Gasteiger partial charge in [-0.1, -0.05) is 26.3 Å². The van der Waals surface area contributed by atoms with Crippen LogP contribution >= 0.6 is 15.9 Å². The molecular weight excluding hydrogens is 317 g/mol. The van der Waals surface area contributed by atoms with E-state index in [0.717, 1.165) is 0 Å². The highest BCUT2D eigenvalue weighted by atomic mass is 79.9. The van der Waals surface area contributed by atoms with Crippen LogP contribution in [0.15, 0.2) is 22.7 Å². The van der Waals surface area contributed by atoms with Crippen molar-refractivity contribution in [1.29, 1.82) is 0 Å². The number of hydrogen-bond acceptors (Lipinski definition) is 2. The Balaban J connectivity index is 2.94. The largest absolute Gasteiger partial charge is 0.480 e. The summed E-state index contributed by atoms with van der Waals surface area (Å²) in [5.74, 6) is -2.49. The van der Waals surface area contributed by atoms with Crippen molar-refractivity contribution in [3.05, 3.63) is 34.1 Å². The number of amides is 1. The summed E-state index contributed by atoms with van der Waals surface area (Å²) in [6, 6.07) is 3.05. The van der Waals surface area contributed by atoms with Crippen LogP contribution < -0.4 is 5.32 Å². The van der Waals surface area contributed by atoms with E-state index in [9.17, 15) is 14.0 Å². The third-order valence-electron chi connectivity index (χ3n) is 2.96. The van der Waals surface area contributed by atoms with Crippen LogP contribution in [0.4, 0.5) is 4.39 Å². The van der Waals surface area contributed by atoms with Crippen LogP contribution in [-0.2, 0) is 4.79 Å². The lowest BCUT2D eigenvalue weighted by atomic mass is 9.99. The van der Waals surface area contributed by atoms with Crippen molar-refractivity contribution < 1.29 is 19.1 Å². The summed E-state index contributed by atoms with van der Waals surface area (Å²) in [6.07, 6.45) is 0.613. The first kappa shape index (κ1) is 15.6. The number of aliphatic carboxylic acids is 1. The lowest BCUT2D eigenvalue weighted by Gasteiger charge is -2.20. The lowest BCUT2D eigenvalue weighted by molar-refractivity contribution is -0.140. The Hall–Kier alpha value is -1.43. The van der Waals surface area contributed by atoms with E-state index in [2.05, 4.69) is 21.2 Å². The van der Waals surface area contributed by atoms with Crippen LogP contribution in [-0.4, -0.2) is 23.0 Å². The maximum atomic E-state index is 13.3. The third-order valence-corrected chi connectivity index (χ3v) is 3.77. The van der Waals surface area contributed by atoms with E-state index in [-0.39, 0.29) is 16.0 Å². The number of nitrogens with one attached hydrogen (secondary N) is 1. The van der Waals surface area contributed by atoms with Gasteiger partial charge in [0.05, 0.1) is 10.0 Å². The molecule has 0 heterocycles. The highest BCUT2D eigenvalue weighted by molar-refractivity contribution is 9.10. The Morgan fingerprint density at radius 3 is 2.63 bits per heavy atom. The van der Waals surface area contributed by atoms with Crippen molar-refractivity contribution in [3.63, 3.8) is 0 Å². The number of carbonyl (C=O) groups is 2. The smallest absolute Gasteiger partial charge is 0.326 e. The highest BCUT2D eigenvalue weighted by Gasteiger charge is 2.26. The van der Waals surface area contributed by atoms with Crippen LogP contribution in [0.1, 0.15) is 30.6 Å². The van der Waals surface area contributed by atoms with Gasteiger partial charge in [0.1, 0.15) is 11.9 Å². The summed E-state index contributed by atoms with van der Waals surface area (Å²) >= 11 is 2.98. The Bertz CT molecular complexity index is 493. The highest BCUT2D eigenvalue weighted by Crippen LogP contribution is 2.20. The van der Waals surface area contributed by atoms with Gasteiger partial charge in [-0.2, -0.15) is 0 Å². The molecule has 2 atom stereocenters. The Morgan fingerprint density at radius 1 is 1.47 bits per heavy atom. The monoisotopic (exact) mass is 331 g/mol. The van der Waals surface area contributed by atoms with E-state index < -0.39 is 23.7 Å². The zero-order chi connectivity index (χ0) is 14.6. The molecule has 0 fully saturated rings. The van der Waals surface area contributed by atoms with E-state index in [1.165, 1.54) is 18.2 Å². The molecule has 6 heteroatoms. The summed E-state index contributed by atoms with van der Waals surface area (Å²) in [7, 11) is 0. The summed E-state index contributed by atoms with van der Waals surface area (Å²) in [5.41, 5.74) is 0.0783. The number of hydrogen-bond donors (Lipinski definition) is 2. The normalized spacial score (nSPS) is 13.7. The minimum atomic E-state index is -1.10. The molecule has 0 saturated carbocycles. The topological polar surface area (TPSA) is 66.4 Å². The zero-order valence-electron chi connectivity index (χ0n) is 10.6. The molecule has 4 nitrogen and oxygen atoms in total. The predicted octanol–water partition coefficient (Wildman–Crippen LogP) is 2.82. The molecule has 0 aliphatic heterocycles. The standard InChI is InChI=1S/C13H15BrFNO3/c1-3-7(2)11(13(18)19)16-12(17)8-5-4-6-9(15)10(8)14/h4-7,11H,3H2,1-2H3,(H,16,17)(H,18,19)/t7?,11-/m0/s1. The van der Waals surface area contributed by atoms with Crippen molar-refractivity contribution in [2.45, 2.75) is 26.3 Å². The van der Waals surface area contributed by atoms with E-state index in [4.69, 9.17) is 5.11 Å². The second-order valence-electron chi connectivity index (χ2n) is 4.28. The van der Waals surface area contributed by atoms with Gasteiger partial charge in [0.25, 0.3) is 5.91 Å². The second-order valence-corrected chi connectivity index (χ2v) is 5.07. The molecular formula is C13H15BrFNO3. The van der Waals surface area contributed by atoms with Gasteiger partial charge in [0.15, 0.2) is 0 Å². The molecule has 1 amide bonds. The van der Waals surface area contributed by atoms with Crippen molar-refractivity contribution >= 4 is 27.8 Å². The Labute approximate surface area is 119 Å². The molecule has 0 aliphatic carbocycles. The average Bonchev–Trinajstić information content (AvgIpc) is 2.37. The van der Waals surface area contributed by atoms with Crippen molar-refractivity contribution in [1.82, 2.24) is 5.32 Å². The number of halogens is 2. The van der Waals surface area contributed by atoms with Gasteiger partial charge in [-0.25, -0.2) is 9.18 Å². The van der Waals surface area contributed by atoms with Gasteiger partial charge in [-0.15, -0.1) is 0 Å². The molecule has 19 heavy (non-hydrogen) atoms. The van der Waals surface area contributed by atoms with Gasteiger partial charge in [-0.05, 0) is 34.0 Å². The molecule has 0 aromatic heterocycles. The fourth-order valence-electron chi connectivity index (χ4n) is 1.58. The van der Waals surface area contributed by atoms with Crippen molar-refractivity contribution in [3.8, 4) is 0 Å². The quantitative estimate of drug-likeness (QED) is 0.871. The fourth-order valence-corrected chi connectivity index (χ4v) is 2.03. The molecule has 0 radical (unpaired) electrons. The molecule has 2 N–H and O–H groups in total. The molecule has 0 aliphatic rings. The van der Waals surface area contributed by atoms with Gasteiger partial charge in [0.2, 0.25) is 0 Å². The first-order valence-electron chi connectivity index (χ1n) is 5.86. The van der Waals surface area contributed by atoms with Crippen LogP contribution in [0.2, 0.25) is 0 Å². The minimum Gasteiger partial charge on any atom is -0.480 e. The maximum absolute atomic E-state index is 13.3. The van der Waals surface area contributed by atoms with Gasteiger partial charge in [0, 0.05) is 0 Å². The second kappa shape index (κ2) is 6.65. The molecule has 1 aromatic rings. The van der Waals surface area contributed by atoms with Gasteiger partial charge < -0.3 is 10.4 Å². The van der Waals surface area contributed by atoms with Gasteiger partial charge >= 0.3 is 5.97 Å². The fraction of sp³-hybridized carbons (Fsp3) is 0.385. The summed E-state index contributed by atoms with van der Waals surface area (Å²) in [5, 5.41) is 11.5. The van der Waals surface area contributed by atoms with Crippen molar-refractivity contribution in [2.24, 2.45) is 5.92 Å². The number of rotatable bonds is 5. The first-order chi connectivity index (χ1) is 8.88. The Morgan fingerprint density at radius 2 is 2.11 bits per heavy atom. The number of carbonyl (C=O) groups excluding carboxylic acids is 1. The van der Waals surface area contributed by atoms with E-state index >= 15 is 0 Å². The predicted molar refractivity (Wildman–Crippen MR) is 72.4 cm³/mol. The molecule has 0 saturated heterocycles. The Kier molecular flexibility index (Phi) is 5.47. The summed E-state index contributed by atoms with van der Waals surface area (Å²) in [6.45, 7) is 3.57. The summed E-state index contributed by atoms with van der Waals surface area (Å²) < 4.78 is 13.3. The first-order valence-corrected chi connectivity index (χ1v) is 6.65. The molecule has 104 valence electrons. The molecule has 0 spiro atoms. The zero-order valence-corrected chi connectivity index (χ0v) is 12.2. The third kappa shape index (κ3) is 3.76.